The molecule has 102 valence electrons. The van der Waals surface area contributed by atoms with Crippen LogP contribution < -0.4 is 11.2 Å². The molecular weight excluding hydrogens is 239 g/mol. The van der Waals surface area contributed by atoms with E-state index in [4.69, 9.17) is 20.5 Å². The predicted octanol–water partition coefficient (Wildman–Crippen LogP) is 1.96. The largest absolute Gasteiger partial charge is 0.494 e. The van der Waals surface area contributed by atoms with Gasteiger partial charge in [-0.1, -0.05) is 12.1 Å². The molecule has 0 aromatic heterocycles. The highest BCUT2D eigenvalue weighted by atomic mass is 16.7. The van der Waals surface area contributed by atoms with E-state index in [9.17, 15) is 0 Å². The molecule has 5 heteroatoms. The van der Waals surface area contributed by atoms with Gasteiger partial charge in [-0.05, 0) is 46.1 Å². The van der Waals surface area contributed by atoms with Crippen LogP contribution in [0.3, 0.4) is 0 Å². The Bertz CT molecular complexity index is 510. The van der Waals surface area contributed by atoms with Gasteiger partial charge in [0.05, 0.1) is 11.2 Å². The molecule has 0 atom stereocenters. The maximum atomic E-state index is 7.64. The third-order valence-electron chi connectivity index (χ3n) is 4.01. The molecule has 0 radical (unpaired) electrons. The van der Waals surface area contributed by atoms with E-state index < -0.39 is 7.12 Å². The van der Waals surface area contributed by atoms with Gasteiger partial charge in [0.15, 0.2) is 0 Å². The van der Waals surface area contributed by atoms with Gasteiger partial charge in [0.1, 0.15) is 0 Å². The minimum atomic E-state index is -0.410. The maximum Gasteiger partial charge on any atom is 0.494 e. The Balaban J connectivity index is 2.31. The van der Waals surface area contributed by atoms with Crippen LogP contribution in [0, 0.1) is 5.41 Å². The van der Waals surface area contributed by atoms with Crippen LogP contribution >= 0.6 is 0 Å². The van der Waals surface area contributed by atoms with Gasteiger partial charge in [-0.3, -0.25) is 0 Å². The molecule has 0 saturated carbocycles. The summed E-state index contributed by atoms with van der Waals surface area (Å²) in [6.07, 6.45) is 0. The Labute approximate surface area is 114 Å². The van der Waals surface area contributed by atoms with Crippen LogP contribution in [0.25, 0.3) is 0 Å². The van der Waals surface area contributed by atoms with Gasteiger partial charge in [-0.15, -0.1) is 0 Å². The Morgan fingerprint density at radius 1 is 1.16 bits per heavy atom. The molecule has 0 aliphatic carbocycles. The average molecular weight is 260 g/mol. The van der Waals surface area contributed by atoms with Crippen molar-refractivity contribution in [2.75, 3.05) is 5.73 Å². The second-order valence-corrected chi connectivity index (χ2v) is 6.06. The van der Waals surface area contributed by atoms with Crippen molar-refractivity contribution in [3.63, 3.8) is 0 Å². The number of benzene rings is 1. The summed E-state index contributed by atoms with van der Waals surface area (Å²) >= 11 is 0. The first-order valence-corrected chi connectivity index (χ1v) is 6.45. The van der Waals surface area contributed by atoms with Gasteiger partial charge in [0, 0.05) is 17.0 Å². The molecule has 0 bridgehead atoms. The lowest BCUT2D eigenvalue weighted by atomic mass is 9.78. The first-order chi connectivity index (χ1) is 8.64. The summed E-state index contributed by atoms with van der Waals surface area (Å²) in [5.74, 6) is 0. The fraction of sp³-hybridized carbons (Fsp3) is 0.500. The van der Waals surface area contributed by atoms with Crippen LogP contribution in [0.1, 0.15) is 40.2 Å². The number of anilines is 1. The smallest absolute Gasteiger partial charge is 0.399 e. The summed E-state index contributed by atoms with van der Waals surface area (Å²) in [4.78, 5) is 0. The molecule has 1 aromatic rings. The van der Waals surface area contributed by atoms with Gasteiger partial charge in [0.25, 0.3) is 0 Å². The number of nitrogens with two attached hydrogens (primary N) is 1. The zero-order valence-corrected chi connectivity index (χ0v) is 12.2. The molecule has 19 heavy (non-hydrogen) atoms. The van der Waals surface area contributed by atoms with Crippen LogP contribution in [0.5, 0.6) is 0 Å². The molecule has 1 saturated heterocycles. The monoisotopic (exact) mass is 260 g/mol. The fourth-order valence-electron chi connectivity index (χ4n) is 2.05. The quantitative estimate of drug-likeness (QED) is 0.485. The van der Waals surface area contributed by atoms with E-state index in [1.165, 1.54) is 0 Å². The molecule has 1 aliphatic heterocycles. The number of hydrogen-bond acceptors (Lipinski definition) is 4. The summed E-state index contributed by atoms with van der Waals surface area (Å²) < 4.78 is 11.9. The SMILES string of the molecule is CC(=N)c1ccc(B2OC(C)(C)C(C)(C)O2)cc1N. The van der Waals surface area contributed by atoms with E-state index in [0.29, 0.717) is 11.4 Å². The summed E-state index contributed by atoms with van der Waals surface area (Å²) in [5, 5.41) is 7.64. The topological polar surface area (TPSA) is 68.3 Å². The number of nitrogen functional groups attached to an aromatic ring is 1. The number of rotatable bonds is 2. The van der Waals surface area contributed by atoms with Crippen LogP contribution in [0.15, 0.2) is 18.2 Å². The Hall–Kier alpha value is -1.33. The average Bonchev–Trinajstić information content (AvgIpc) is 2.47. The molecule has 1 aromatic carbocycles. The second kappa shape index (κ2) is 4.35. The van der Waals surface area contributed by atoms with Crippen LogP contribution in [-0.4, -0.2) is 24.0 Å². The van der Waals surface area contributed by atoms with Gasteiger partial charge in [0.2, 0.25) is 0 Å². The van der Waals surface area contributed by atoms with E-state index in [1.807, 2.05) is 45.9 Å². The third-order valence-corrected chi connectivity index (χ3v) is 4.01. The standard InChI is InChI=1S/C14H21BN2O2/c1-9(16)11-7-6-10(8-12(11)17)15-18-13(2,3)14(4,5)19-15/h6-8,16H,17H2,1-5H3. The fourth-order valence-corrected chi connectivity index (χ4v) is 2.05. The van der Waals surface area contributed by atoms with Crippen molar-refractivity contribution < 1.29 is 9.31 Å². The van der Waals surface area contributed by atoms with Crippen LogP contribution in [-0.2, 0) is 9.31 Å². The van der Waals surface area contributed by atoms with Gasteiger partial charge in [-0.2, -0.15) is 0 Å². The van der Waals surface area contributed by atoms with Gasteiger partial charge >= 0.3 is 7.12 Å². The first-order valence-electron chi connectivity index (χ1n) is 6.45. The molecule has 1 aliphatic rings. The van der Waals surface area contributed by atoms with Crippen molar-refractivity contribution in [1.29, 1.82) is 5.41 Å². The molecule has 0 amide bonds. The lowest BCUT2D eigenvalue weighted by molar-refractivity contribution is 0.00578. The van der Waals surface area contributed by atoms with Crippen molar-refractivity contribution in [2.24, 2.45) is 0 Å². The highest BCUT2D eigenvalue weighted by molar-refractivity contribution is 6.62. The Morgan fingerprint density at radius 3 is 2.11 bits per heavy atom. The van der Waals surface area contributed by atoms with Gasteiger partial charge < -0.3 is 20.5 Å². The zero-order chi connectivity index (χ0) is 14.4. The summed E-state index contributed by atoms with van der Waals surface area (Å²) in [5.41, 5.74) is 7.94. The number of nitrogens with one attached hydrogen (secondary N) is 1. The molecule has 2 rings (SSSR count). The lowest BCUT2D eigenvalue weighted by Crippen LogP contribution is -2.41. The van der Waals surface area contributed by atoms with Gasteiger partial charge in [-0.25, -0.2) is 0 Å². The number of hydrogen-bond donors (Lipinski definition) is 2. The van der Waals surface area contributed by atoms with E-state index >= 15 is 0 Å². The van der Waals surface area contributed by atoms with Crippen LogP contribution in [0.2, 0.25) is 0 Å². The van der Waals surface area contributed by atoms with Crippen molar-refractivity contribution in [1.82, 2.24) is 0 Å². The maximum absolute atomic E-state index is 7.64. The van der Waals surface area contributed by atoms with Crippen molar-refractivity contribution in [2.45, 2.75) is 45.8 Å². The highest BCUT2D eigenvalue weighted by Gasteiger charge is 2.51. The van der Waals surface area contributed by atoms with E-state index in [1.54, 1.807) is 6.92 Å². The van der Waals surface area contributed by atoms with Crippen LogP contribution in [0.4, 0.5) is 5.69 Å². The van der Waals surface area contributed by atoms with E-state index in [0.717, 1.165) is 11.0 Å². The van der Waals surface area contributed by atoms with Crippen molar-refractivity contribution in [3.8, 4) is 0 Å². The zero-order valence-electron chi connectivity index (χ0n) is 12.2. The lowest BCUT2D eigenvalue weighted by Gasteiger charge is -2.32. The molecule has 3 N–H and O–H groups in total. The van der Waals surface area contributed by atoms with Crippen molar-refractivity contribution in [3.05, 3.63) is 23.8 Å². The molecular formula is C14H21BN2O2. The minimum absolute atomic E-state index is 0.359. The first kappa shape index (κ1) is 14.1. The van der Waals surface area contributed by atoms with Crippen molar-refractivity contribution >= 4 is 24.0 Å². The molecule has 4 nitrogen and oxygen atoms in total. The van der Waals surface area contributed by atoms with E-state index in [2.05, 4.69) is 0 Å². The Kier molecular flexibility index (Phi) is 3.23. The highest BCUT2D eigenvalue weighted by Crippen LogP contribution is 2.36. The minimum Gasteiger partial charge on any atom is -0.399 e. The summed E-state index contributed by atoms with van der Waals surface area (Å²) in [7, 11) is -0.410. The molecule has 0 unspecified atom stereocenters. The molecule has 1 heterocycles. The molecule has 1 fully saturated rings. The molecule has 0 spiro atoms. The Morgan fingerprint density at radius 2 is 1.68 bits per heavy atom. The van der Waals surface area contributed by atoms with E-state index in [-0.39, 0.29) is 11.2 Å². The summed E-state index contributed by atoms with van der Waals surface area (Å²) in [6, 6.07) is 5.58. The predicted molar refractivity (Wildman–Crippen MR) is 79.1 cm³/mol. The normalized spacial score (nSPS) is 20.6. The summed E-state index contributed by atoms with van der Waals surface area (Å²) in [6.45, 7) is 9.80. The third kappa shape index (κ3) is 2.40. The second-order valence-electron chi connectivity index (χ2n) is 6.06.